The number of piperidine rings is 3. The first-order valence-electron chi connectivity index (χ1n) is 25.5. The molecule has 6 aliphatic heterocycles. The van der Waals surface area contributed by atoms with Gasteiger partial charge in [0.05, 0.1) is 60.3 Å². The van der Waals surface area contributed by atoms with Gasteiger partial charge in [0.25, 0.3) is 23.6 Å². The van der Waals surface area contributed by atoms with Crippen LogP contribution in [0.3, 0.4) is 0 Å². The van der Waals surface area contributed by atoms with Crippen LogP contribution in [0, 0.1) is 0 Å². The Balaban J connectivity index is 0.000000165. The van der Waals surface area contributed by atoms with Gasteiger partial charge in [-0.1, -0.05) is 49.9 Å². The van der Waals surface area contributed by atoms with Gasteiger partial charge < -0.3 is 35.8 Å². The molecule has 3 atom stereocenters. The molecule has 0 saturated carbocycles. The second-order valence-corrected chi connectivity index (χ2v) is 19.0. The smallest absolute Gasteiger partial charge is 0.261 e. The summed E-state index contributed by atoms with van der Waals surface area (Å²) in [6, 6.07) is 32.0. The Labute approximate surface area is 435 Å². The number of aliphatic hydroxyl groups is 2. The Hall–Kier alpha value is -6.19. The lowest BCUT2D eigenvalue weighted by atomic mass is 9.93. The van der Waals surface area contributed by atoms with Crippen LogP contribution in [0.1, 0.15) is 122 Å². The molecule has 0 spiro atoms. The van der Waals surface area contributed by atoms with Crippen molar-refractivity contribution in [2.75, 3.05) is 78.6 Å². The van der Waals surface area contributed by atoms with Crippen molar-refractivity contribution in [2.45, 2.75) is 82.0 Å². The van der Waals surface area contributed by atoms with Crippen LogP contribution < -0.4 is 22.7 Å². The van der Waals surface area contributed by atoms with Gasteiger partial charge in [-0.2, -0.15) is 0 Å². The number of hydrazine groups is 1. The molecule has 5 aromatic rings. The SMILES string of the molecule is C.NCC(O)CN1CCC(c2ccccn2)CC1.NN.O=C1c2ccccc2C(=O)N1CC(O)CN1CCC(c2ccccn2)CC1.O=C1c2ccccc2C(=O)N1CC1CO1.c1ccc(C2CCNCC2)nc1. The van der Waals surface area contributed by atoms with Gasteiger partial charge in [0.1, 0.15) is 0 Å². The maximum atomic E-state index is 12.4. The number of fused-ring (bicyclic) bond motifs is 2. The maximum absolute atomic E-state index is 12.4. The highest BCUT2D eigenvalue weighted by atomic mass is 16.6. The van der Waals surface area contributed by atoms with Gasteiger partial charge in [-0.15, -0.1) is 0 Å². The van der Waals surface area contributed by atoms with Crippen LogP contribution in [0.4, 0.5) is 0 Å². The van der Waals surface area contributed by atoms with Crippen molar-refractivity contribution in [3.8, 4) is 0 Å². The second-order valence-electron chi connectivity index (χ2n) is 19.0. The van der Waals surface area contributed by atoms with E-state index in [1.54, 1.807) is 48.5 Å². The molecule has 2 aromatic carbocycles. The number of nitrogens with one attached hydrogen (secondary N) is 1. The van der Waals surface area contributed by atoms with Gasteiger partial charge in [0, 0.05) is 73.1 Å². The average molecular weight is 1010 g/mol. The van der Waals surface area contributed by atoms with E-state index < -0.39 is 6.10 Å². The first-order chi connectivity index (χ1) is 35.7. The molecule has 18 heteroatoms. The monoisotopic (exact) mass is 1010 g/mol. The minimum atomic E-state index is -0.751. The van der Waals surface area contributed by atoms with Crippen molar-refractivity contribution in [2.24, 2.45) is 17.4 Å². The number of benzene rings is 2. The molecular formula is C56H75N11O7. The van der Waals surface area contributed by atoms with Crippen molar-refractivity contribution < 1.29 is 34.1 Å². The van der Waals surface area contributed by atoms with Crippen LogP contribution in [0.5, 0.6) is 0 Å². The number of carbonyl (C=O) groups is 4. The zero-order valence-corrected chi connectivity index (χ0v) is 41.5. The molecule has 0 bridgehead atoms. The zero-order valence-electron chi connectivity index (χ0n) is 41.5. The Morgan fingerprint density at radius 2 is 0.878 bits per heavy atom. The predicted molar refractivity (Wildman–Crippen MR) is 284 cm³/mol. The quantitative estimate of drug-likeness (QED) is 0.0443. The van der Waals surface area contributed by atoms with E-state index in [0.29, 0.717) is 72.8 Å². The molecular weight excluding hydrogens is 939 g/mol. The average Bonchev–Trinajstić information content (AvgIpc) is 4.22. The number of carbonyl (C=O) groups excluding carboxylic acids is 4. The van der Waals surface area contributed by atoms with E-state index in [4.69, 9.17) is 10.5 Å². The third kappa shape index (κ3) is 15.7. The molecule has 9 N–H and O–H groups in total. The van der Waals surface area contributed by atoms with Crippen molar-refractivity contribution >= 4 is 23.6 Å². The van der Waals surface area contributed by atoms with Crippen LogP contribution >= 0.6 is 0 Å². The fraction of sp³-hybridized carbons (Fsp3) is 0.446. The van der Waals surface area contributed by atoms with Gasteiger partial charge in [0.2, 0.25) is 0 Å². The van der Waals surface area contributed by atoms with Crippen LogP contribution in [0.15, 0.2) is 122 Å². The van der Waals surface area contributed by atoms with E-state index in [0.717, 1.165) is 75.5 Å². The van der Waals surface area contributed by atoms with E-state index in [1.165, 1.54) is 29.1 Å². The third-order valence-corrected chi connectivity index (χ3v) is 14.0. The van der Waals surface area contributed by atoms with E-state index in [1.807, 2.05) is 48.9 Å². The highest BCUT2D eigenvalue weighted by molar-refractivity contribution is 6.22. The summed E-state index contributed by atoms with van der Waals surface area (Å²) in [5.41, 5.74) is 10.9. The molecule has 4 saturated heterocycles. The van der Waals surface area contributed by atoms with E-state index in [-0.39, 0.29) is 49.8 Å². The summed E-state index contributed by atoms with van der Waals surface area (Å²) in [7, 11) is 0. The molecule has 9 heterocycles. The normalized spacial score (nSPS) is 19.7. The van der Waals surface area contributed by atoms with E-state index in [9.17, 15) is 29.4 Å². The first-order valence-corrected chi connectivity index (χ1v) is 25.5. The largest absolute Gasteiger partial charge is 0.390 e. The van der Waals surface area contributed by atoms with Gasteiger partial charge >= 0.3 is 0 Å². The maximum Gasteiger partial charge on any atom is 0.261 e. The number of hydrogen-bond acceptors (Lipinski definition) is 16. The number of likely N-dealkylation sites (tertiary alicyclic amines) is 2. The number of amides is 4. The summed E-state index contributed by atoms with van der Waals surface area (Å²) in [4.78, 5) is 68.6. The lowest BCUT2D eigenvalue weighted by Crippen LogP contribution is -2.44. The summed E-state index contributed by atoms with van der Waals surface area (Å²) < 4.78 is 5.02. The summed E-state index contributed by atoms with van der Waals surface area (Å²) in [5.74, 6) is 8.68. The molecule has 0 aliphatic carbocycles. The number of imide groups is 2. The van der Waals surface area contributed by atoms with E-state index in [2.05, 4.69) is 66.0 Å². The van der Waals surface area contributed by atoms with Gasteiger partial charge in [-0.05, 0) is 138 Å². The number of aromatic nitrogens is 3. The molecule has 74 heavy (non-hydrogen) atoms. The summed E-state index contributed by atoms with van der Waals surface area (Å²) >= 11 is 0. The lowest BCUT2D eigenvalue weighted by molar-refractivity contribution is 0.0448. The molecule has 18 nitrogen and oxygen atoms in total. The number of aliphatic hydroxyl groups excluding tert-OH is 2. The number of pyridine rings is 3. The van der Waals surface area contributed by atoms with Crippen LogP contribution in [-0.2, 0) is 4.74 Å². The first kappa shape index (κ1) is 57.1. The molecule has 11 rings (SSSR count). The number of β-amino-alcohol motifs (C(OH)–C–C–N with tert-alkyl or cyclic N) is 2. The van der Waals surface area contributed by atoms with Crippen molar-refractivity contribution in [1.82, 2.24) is 39.9 Å². The Morgan fingerprint density at radius 1 is 0.527 bits per heavy atom. The molecule has 396 valence electrons. The zero-order chi connectivity index (χ0) is 51.5. The Bertz CT molecular complexity index is 2430. The number of hydrogen-bond donors (Lipinski definition) is 6. The van der Waals surface area contributed by atoms with E-state index >= 15 is 0 Å². The van der Waals surface area contributed by atoms with Crippen molar-refractivity contribution in [3.63, 3.8) is 0 Å². The number of nitrogens with zero attached hydrogens (tertiary/aromatic N) is 7. The fourth-order valence-electron chi connectivity index (χ4n) is 9.92. The number of ether oxygens (including phenoxy) is 1. The summed E-state index contributed by atoms with van der Waals surface area (Å²) in [6.45, 7) is 8.65. The van der Waals surface area contributed by atoms with Gasteiger partial charge in [0.15, 0.2) is 0 Å². The molecule has 4 fully saturated rings. The predicted octanol–water partition coefficient (Wildman–Crippen LogP) is 4.18. The van der Waals surface area contributed by atoms with Crippen molar-refractivity contribution in [1.29, 1.82) is 0 Å². The molecule has 3 unspecified atom stereocenters. The topological polar surface area (TPSA) is 263 Å². The Kier molecular flexibility index (Phi) is 22.4. The molecule has 0 radical (unpaired) electrons. The highest BCUT2D eigenvalue weighted by Gasteiger charge is 2.39. The molecule has 3 aromatic heterocycles. The minimum absolute atomic E-state index is 0. The number of nitrogens with two attached hydrogens (primary N) is 3. The summed E-state index contributed by atoms with van der Waals surface area (Å²) in [5, 5.41) is 23.3. The standard InChI is InChI=1S/C21H23N3O3.C13H21N3O.C11H9NO3.C10H14N2.CH4.H4N2/c25-16(14-24-20(26)17-5-1-2-6-18(17)21(24)27)13-23-11-8-15(9-12-23)19-7-3-4-10-22-19;14-9-12(17)10-16-7-4-11(5-8-16)13-3-1-2-6-15-13;13-10-8-3-1-2-4-9(8)11(14)12(10)5-7-6-15-7;1-2-6-12-10(3-1)9-4-7-11-8-5-9;;1-2/h1-7,10,15-16,25H,8-9,11-14H2;1-3,6,11-12,17H,4-5,7-10,14H2;1-4,7H,5-6H2;1-3,6,9,11H,4-5,7-8H2;1H4;1-2H2. The van der Waals surface area contributed by atoms with Crippen LogP contribution in [0.25, 0.3) is 0 Å². The fourth-order valence-corrected chi connectivity index (χ4v) is 9.92. The minimum Gasteiger partial charge on any atom is -0.390 e. The number of epoxide rings is 1. The second kappa shape index (κ2) is 29.0. The summed E-state index contributed by atoms with van der Waals surface area (Å²) in [6.07, 6.45) is 11.2. The van der Waals surface area contributed by atoms with Crippen LogP contribution in [-0.4, -0.2) is 165 Å². The van der Waals surface area contributed by atoms with Crippen LogP contribution in [0.2, 0.25) is 0 Å². The highest BCUT2D eigenvalue weighted by Crippen LogP contribution is 2.29. The number of rotatable bonds is 12. The van der Waals surface area contributed by atoms with Gasteiger partial charge in [-0.3, -0.25) is 55.6 Å². The molecule has 6 aliphatic rings. The lowest BCUT2D eigenvalue weighted by Gasteiger charge is -2.33. The van der Waals surface area contributed by atoms with Crippen molar-refractivity contribution in [3.05, 3.63) is 161 Å². The van der Waals surface area contributed by atoms with Gasteiger partial charge in [-0.25, -0.2) is 0 Å². The Morgan fingerprint density at radius 3 is 1.23 bits per heavy atom. The molecule has 4 amide bonds. The third-order valence-electron chi connectivity index (χ3n) is 14.0.